The third-order valence-electron chi connectivity index (χ3n) is 4.95. The molecule has 2 heterocycles. The summed E-state index contributed by atoms with van der Waals surface area (Å²) in [4.78, 5) is 29.2. The molecule has 7 nitrogen and oxygen atoms in total. The largest absolute Gasteiger partial charge is 0.433 e. The van der Waals surface area contributed by atoms with E-state index in [1.165, 1.54) is 12.1 Å². The highest BCUT2D eigenvalue weighted by molar-refractivity contribution is 5.93. The molecule has 0 aliphatic carbocycles. The van der Waals surface area contributed by atoms with Gasteiger partial charge in [-0.25, -0.2) is 15.3 Å². The molecular weight excluding hydrogens is 401 g/mol. The number of aromatic nitrogens is 1. The van der Waals surface area contributed by atoms with Gasteiger partial charge in [-0.2, -0.15) is 13.2 Å². The van der Waals surface area contributed by atoms with Crippen LogP contribution in [0, 0.1) is 0 Å². The summed E-state index contributed by atoms with van der Waals surface area (Å²) >= 11 is 0. The highest BCUT2D eigenvalue weighted by Crippen LogP contribution is 2.28. The number of benzene rings is 1. The van der Waals surface area contributed by atoms with Crippen molar-refractivity contribution >= 4 is 17.8 Å². The number of likely N-dealkylation sites (tertiary alicyclic amines) is 1. The number of alkyl halides is 3. The third kappa shape index (κ3) is 5.26. The molecule has 0 bridgehead atoms. The van der Waals surface area contributed by atoms with Crippen molar-refractivity contribution in [3.8, 4) is 0 Å². The Morgan fingerprint density at radius 2 is 1.87 bits per heavy atom. The second kappa shape index (κ2) is 9.12. The second-order valence-corrected chi connectivity index (χ2v) is 7.02. The van der Waals surface area contributed by atoms with Crippen molar-refractivity contribution in [3.05, 3.63) is 59.3 Å². The Hall–Kier alpha value is -3.14. The third-order valence-corrected chi connectivity index (χ3v) is 4.95. The molecule has 3 amide bonds. The molecule has 1 aliphatic heterocycles. The van der Waals surface area contributed by atoms with Crippen molar-refractivity contribution in [1.29, 1.82) is 0 Å². The van der Waals surface area contributed by atoms with Gasteiger partial charge < -0.3 is 4.90 Å². The Morgan fingerprint density at radius 3 is 2.53 bits per heavy atom. The maximum atomic E-state index is 12.8. The van der Waals surface area contributed by atoms with Crippen LogP contribution in [0.3, 0.4) is 0 Å². The molecule has 3 N–H and O–H groups in total. The molecule has 1 aromatic carbocycles. The van der Waals surface area contributed by atoms with E-state index in [9.17, 15) is 22.8 Å². The molecule has 2 aromatic rings. The van der Waals surface area contributed by atoms with Crippen molar-refractivity contribution in [1.82, 2.24) is 15.4 Å². The van der Waals surface area contributed by atoms with Crippen LogP contribution in [-0.4, -0.2) is 39.6 Å². The second-order valence-electron chi connectivity index (χ2n) is 7.02. The molecule has 1 unspecified atom stereocenters. The van der Waals surface area contributed by atoms with Crippen molar-refractivity contribution < 1.29 is 28.0 Å². The lowest BCUT2D eigenvalue weighted by Gasteiger charge is -2.35. The number of rotatable bonds is 4. The van der Waals surface area contributed by atoms with Crippen molar-refractivity contribution in [2.45, 2.75) is 37.9 Å². The SMILES string of the molecule is O=C(NO)c1ccc(CC2CCCCN2C(=O)Nc2cccc(C(F)(F)F)n2)cc1. The monoisotopic (exact) mass is 422 g/mol. The summed E-state index contributed by atoms with van der Waals surface area (Å²) in [5, 5.41) is 11.1. The summed E-state index contributed by atoms with van der Waals surface area (Å²) in [7, 11) is 0. The first-order valence-corrected chi connectivity index (χ1v) is 9.43. The molecule has 10 heteroatoms. The minimum Gasteiger partial charge on any atom is -0.321 e. The number of carbonyl (C=O) groups is 2. The molecule has 160 valence electrons. The van der Waals surface area contributed by atoms with Gasteiger partial charge in [0.15, 0.2) is 0 Å². The fourth-order valence-electron chi connectivity index (χ4n) is 3.45. The number of hydrogen-bond donors (Lipinski definition) is 3. The Balaban J connectivity index is 1.69. The zero-order valence-corrected chi connectivity index (χ0v) is 15.9. The number of amides is 3. The lowest BCUT2D eigenvalue weighted by molar-refractivity contribution is -0.141. The first-order chi connectivity index (χ1) is 14.3. The highest BCUT2D eigenvalue weighted by atomic mass is 19.4. The number of nitrogens with zero attached hydrogens (tertiary/aromatic N) is 2. The molecule has 30 heavy (non-hydrogen) atoms. The highest BCUT2D eigenvalue weighted by Gasteiger charge is 2.33. The molecule has 0 spiro atoms. The first kappa shape index (κ1) is 21.6. The number of piperidine rings is 1. The zero-order valence-electron chi connectivity index (χ0n) is 15.9. The quantitative estimate of drug-likeness (QED) is 0.515. The minimum atomic E-state index is -4.59. The van der Waals surface area contributed by atoms with Gasteiger partial charge in [-0.1, -0.05) is 18.2 Å². The van der Waals surface area contributed by atoms with Crippen molar-refractivity contribution in [2.24, 2.45) is 0 Å². The van der Waals surface area contributed by atoms with Gasteiger partial charge in [0.25, 0.3) is 5.91 Å². The summed E-state index contributed by atoms with van der Waals surface area (Å²) in [6.07, 6.45) is -1.57. The fraction of sp³-hybridized carbons (Fsp3) is 0.350. The van der Waals surface area contributed by atoms with Gasteiger partial charge in [-0.15, -0.1) is 0 Å². The molecule has 3 rings (SSSR count). The summed E-state index contributed by atoms with van der Waals surface area (Å²) in [6, 6.07) is 9.35. The van der Waals surface area contributed by atoms with Gasteiger partial charge in [0.05, 0.1) is 0 Å². The smallest absolute Gasteiger partial charge is 0.321 e. The molecular formula is C20H21F3N4O3. The van der Waals surface area contributed by atoms with Crippen LogP contribution in [0.25, 0.3) is 0 Å². The maximum Gasteiger partial charge on any atom is 0.433 e. The summed E-state index contributed by atoms with van der Waals surface area (Å²) < 4.78 is 38.5. The van der Waals surface area contributed by atoms with Gasteiger partial charge in [-0.3, -0.25) is 15.3 Å². The zero-order chi connectivity index (χ0) is 21.7. The predicted molar refractivity (Wildman–Crippen MR) is 102 cm³/mol. The average Bonchev–Trinajstić information content (AvgIpc) is 2.73. The standard InChI is InChI=1S/C20H21F3N4O3/c21-20(22,23)16-5-3-6-17(24-16)25-19(29)27-11-2-1-4-15(27)12-13-7-9-14(10-8-13)18(28)26-30/h3,5-10,15,30H,1-2,4,11-12H2,(H,26,28)(H,24,25,29). The van der Waals surface area contributed by atoms with Crippen LogP contribution >= 0.6 is 0 Å². The Labute approximate surface area is 170 Å². The first-order valence-electron chi connectivity index (χ1n) is 9.43. The fourth-order valence-corrected chi connectivity index (χ4v) is 3.45. The summed E-state index contributed by atoms with van der Waals surface area (Å²) in [5.41, 5.74) is 1.69. The number of pyridine rings is 1. The Kier molecular flexibility index (Phi) is 6.56. The van der Waals surface area contributed by atoms with Crippen LogP contribution in [0.4, 0.5) is 23.8 Å². The molecule has 0 radical (unpaired) electrons. The van der Waals surface area contributed by atoms with E-state index in [4.69, 9.17) is 5.21 Å². The van der Waals surface area contributed by atoms with Gasteiger partial charge in [0, 0.05) is 18.2 Å². The summed E-state index contributed by atoms with van der Waals surface area (Å²) in [6.45, 7) is 0.487. The number of halogens is 3. The molecule has 1 fully saturated rings. The lowest BCUT2D eigenvalue weighted by Crippen LogP contribution is -2.47. The molecule has 1 saturated heterocycles. The number of anilines is 1. The van der Waals surface area contributed by atoms with Gasteiger partial charge in [0.1, 0.15) is 11.5 Å². The van der Waals surface area contributed by atoms with Crippen LogP contribution in [0.1, 0.15) is 40.9 Å². The van der Waals surface area contributed by atoms with E-state index in [2.05, 4.69) is 10.3 Å². The van der Waals surface area contributed by atoms with Gasteiger partial charge >= 0.3 is 12.2 Å². The molecule has 1 atom stereocenters. The van der Waals surface area contributed by atoms with Crippen LogP contribution in [-0.2, 0) is 12.6 Å². The topological polar surface area (TPSA) is 94.6 Å². The van der Waals surface area contributed by atoms with Crippen LogP contribution in [0.2, 0.25) is 0 Å². The maximum absolute atomic E-state index is 12.8. The normalized spacial score (nSPS) is 16.8. The van der Waals surface area contributed by atoms with E-state index in [0.29, 0.717) is 18.5 Å². The van der Waals surface area contributed by atoms with E-state index in [1.807, 2.05) is 0 Å². The Morgan fingerprint density at radius 1 is 1.13 bits per heavy atom. The van der Waals surface area contributed by atoms with Crippen LogP contribution in [0.5, 0.6) is 0 Å². The van der Waals surface area contributed by atoms with E-state index in [-0.39, 0.29) is 11.9 Å². The number of carbonyl (C=O) groups excluding carboxylic acids is 2. The molecule has 0 saturated carbocycles. The van der Waals surface area contributed by atoms with Crippen molar-refractivity contribution in [3.63, 3.8) is 0 Å². The number of nitrogens with one attached hydrogen (secondary N) is 2. The van der Waals surface area contributed by atoms with Gasteiger partial charge in [-0.05, 0) is 55.5 Å². The van der Waals surface area contributed by atoms with E-state index in [0.717, 1.165) is 30.9 Å². The van der Waals surface area contributed by atoms with Gasteiger partial charge in [0.2, 0.25) is 0 Å². The average molecular weight is 422 g/mol. The lowest BCUT2D eigenvalue weighted by atomic mass is 9.95. The number of urea groups is 1. The van der Waals surface area contributed by atoms with Crippen molar-refractivity contribution in [2.75, 3.05) is 11.9 Å². The number of hydrogen-bond acceptors (Lipinski definition) is 4. The number of hydroxylamine groups is 1. The van der Waals surface area contributed by atoms with Crippen LogP contribution in [0.15, 0.2) is 42.5 Å². The molecule has 1 aromatic heterocycles. The van der Waals surface area contributed by atoms with E-state index >= 15 is 0 Å². The Bertz CT molecular complexity index is 903. The molecule has 1 aliphatic rings. The summed E-state index contributed by atoms with van der Waals surface area (Å²) in [5.74, 6) is -0.771. The van der Waals surface area contributed by atoms with Crippen LogP contribution < -0.4 is 10.8 Å². The van der Waals surface area contributed by atoms with E-state index in [1.54, 1.807) is 34.6 Å². The van der Waals surface area contributed by atoms with E-state index < -0.39 is 23.8 Å². The minimum absolute atomic E-state index is 0.137. The predicted octanol–water partition coefficient (Wildman–Crippen LogP) is 3.85.